The molecule has 0 aliphatic rings. The summed E-state index contributed by atoms with van der Waals surface area (Å²) in [4.78, 5) is 13.9. The second-order valence-corrected chi connectivity index (χ2v) is 4.88. The highest BCUT2D eigenvalue weighted by atomic mass is 16.3. The van der Waals surface area contributed by atoms with Crippen LogP contribution in [0, 0.1) is 0 Å². The van der Waals surface area contributed by atoms with E-state index in [4.69, 9.17) is 5.73 Å². The van der Waals surface area contributed by atoms with Crippen molar-refractivity contribution in [2.45, 2.75) is 5.54 Å². The van der Waals surface area contributed by atoms with Gasteiger partial charge in [-0.25, -0.2) is 0 Å². The summed E-state index contributed by atoms with van der Waals surface area (Å²) in [5, 5.41) is 29.9. The maximum absolute atomic E-state index is 12.1. The quantitative estimate of drug-likeness (QED) is 0.418. The van der Waals surface area contributed by atoms with Gasteiger partial charge in [0.2, 0.25) is 0 Å². The third-order valence-electron chi connectivity index (χ3n) is 3.06. The predicted octanol–water partition coefficient (Wildman–Crippen LogP) is -1.22. The van der Waals surface area contributed by atoms with Crippen molar-refractivity contribution >= 4 is 17.3 Å². The lowest BCUT2D eigenvalue weighted by Crippen LogP contribution is -2.57. The van der Waals surface area contributed by atoms with Gasteiger partial charge in [0.15, 0.2) is 0 Å². The average molecular weight is 283 g/mol. The lowest BCUT2D eigenvalue weighted by Gasteiger charge is -2.28. The normalized spacial score (nSPS) is 11.2. The van der Waals surface area contributed by atoms with Crippen LogP contribution in [0.4, 0.5) is 11.4 Å². The molecule has 1 aromatic rings. The van der Waals surface area contributed by atoms with Gasteiger partial charge in [0, 0.05) is 19.7 Å². The first-order chi connectivity index (χ1) is 9.39. The molecule has 0 aromatic heterocycles. The first-order valence-corrected chi connectivity index (χ1v) is 6.11. The number of aliphatic hydroxyl groups excluding tert-OH is 3. The predicted molar refractivity (Wildman–Crippen MR) is 76.6 cm³/mol. The van der Waals surface area contributed by atoms with Crippen molar-refractivity contribution < 1.29 is 20.1 Å². The molecule has 0 saturated carbocycles. The minimum Gasteiger partial charge on any atom is -0.397 e. The number of nitrogens with two attached hydrogens (primary N) is 1. The Balaban J connectivity index is 2.96. The summed E-state index contributed by atoms with van der Waals surface area (Å²) in [5.74, 6) is -0.529. The van der Waals surface area contributed by atoms with Gasteiger partial charge in [-0.05, 0) is 18.2 Å². The maximum Gasteiger partial charge on any atom is 0.252 e. The molecular weight excluding hydrogens is 262 g/mol. The molecule has 0 unspecified atom stereocenters. The van der Waals surface area contributed by atoms with E-state index in [1.807, 2.05) is 19.0 Å². The molecule has 6 N–H and O–H groups in total. The largest absolute Gasteiger partial charge is 0.397 e. The summed E-state index contributed by atoms with van der Waals surface area (Å²) >= 11 is 0. The lowest BCUT2D eigenvalue weighted by molar-refractivity contribution is 0.0375. The van der Waals surface area contributed by atoms with Gasteiger partial charge < -0.3 is 31.3 Å². The zero-order valence-corrected chi connectivity index (χ0v) is 11.6. The minimum atomic E-state index is -1.45. The van der Waals surface area contributed by atoms with Crippen LogP contribution in [0.3, 0.4) is 0 Å². The Hall–Kier alpha value is -1.83. The van der Waals surface area contributed by atoms with E-state index in [0.29, 0.717) is 5.69 Å². The van der Waals surface area contributed by atoms with Gasteiger partial charge in [0.05, 0.1) is 31.2 Å². The highest BCUT2D eigenvalue weighted by Crippen LogP contribution is 2.22. The van der Waals surface area contributed by atoms with Crippen molar-refractivity contribution in [1.82, 2.24) is 5.32 Å². The number of hydrogen-bond acceptors (Lipinski definition) is 6. The maximum atomic E-state index is 12.1. The number of nitrogen functional groups attached to an aromatic ring is 1. The molecule has 0 radical (unpaired) electrons. The molecule has 0 heterocycles. The zero-order chi connectivity index (χ0) is 15.3. The van der Waals surface area contributed by atoms with E-state index >= 15 is 0 Å². The number of nitrogens with zero attached hydrogens (tertiary/aromatic N) is 1. The first-order valence-electron chi connectivity index (χ1n) is 6.11. The highest BCUT2D eigenvalue weighted by Gasteiger charge is 2.30. The Morgan fingerprint density at radius 1 is 1.25 bits per heavy atom. The van der Waals surface area contributed by atoms with Crippen molar-refractivity contribution in [2.75, 3.05) is 44.5 Å². The van der Waals surface area contributed by atoms with E-state index < -0.39 is 31.3 Å². The molecule has 1 aromatic carbocycles. The van der Waals surface area contributed by atoms with Crippen LogP contribution in [-0.4, -0.2) is 60.7 Å². The summed E-state index contributed by atoms with van der Waals surface area (Å²) in [6, 6.07) is 4.78. The lowest BCUT2D eigenvalue weighted by atomic mass is 10.0. The molecule has 0 spiro atoms. The van der Waals surface area contributed by atoms with Crippen molar-refractivity contribution in [1.29, 1.82) is 0 Å². The van der Waals surface area contributed by atoms with Crippen LogP contribution in [0.15, 0.2) is 18.2 Å². The standard InChI is InChI=1S/C13H21N3O4/c1-16(2)11-4-3-9(5-10(11)14)12(20)15-13(6-17,7-18)8-19/h3-5,17-19H,6-8,14H2,1-2H3,(H,15,20). The molecule has 0 fully saturated rings. The van der Waals surface area contributed by atoms with Gasteiger partial charge in [0.1, 0.15) is 5.54 Å². The third kappa shape index (κ3) is 3.38. The van der Waals surface area contributed by atoms with E-state index in [1.54, 1.807) is 12.1 Å². The van der Waals surface area contributed by atoms with Crippen LogP contribution in [0.25, 0.3) is 0 Å². The molecule has 1 rings (SSSR count). The van der Waals surface area contributed by atoms with Crippen LogP contribution in [0.2, 0.25) is 0 Å². The Morgan fingerprint density at radius 3 is 2.20 bits per heavy atom. The van der Waals surface area contributed by atoms with Crippen LogP contribution >= 0.6 is 0 Å². The summed E-state index contributed by atoms with van der Waals surface area (Å²) in [7, 11) is 3.67. The van der Waals surface area contributed by atoms with Gasteiger partial charge >= 0.3 is 0 Å². The van der Waals surface area contributed by atoms with E-state index in [9.17, 15) is 20.1 Å². The van der Waals surface area contributed by atoms with Crippen LogP contribution in [0.1, 0.15) is 10.4 Å². The second-order valence-electron chi connectivity index (χ2n) is 4.88. The third-order valence-corrected chi connectivity index (χ3v) is 3.06. The van der Waals surface area contributed by atoms with Crippen LogP contribution in [-0.2, 0) is 0 Å². The molecular formula is C13H21N3O4. The number of carbonyl (C=O) groups is 1. The van der Waals surface area contributed by atoms with Gasteiger partial charge in [-0.3, -0.25) is 4.79 Å². The van der Waals surface area contributed by atoms with Crippen molar-refractivity contribution in [3.8, 4) is 0 Å². The summed E-state index contributed by atoms with van der Waals surface area (Å²) in [6.07, 6.45) is 0. The molecule has 0 atom stereocenters. The fraction of sp³-hybridized carbons (Fsp3) is 0.462. The smallest absolute Gasteiger partial charge is 0.252 e. The Morgan fingerprint density at radius 2 is 1.80 bits per heavy atom. The van der Waals surface area contributed by atoms with Gasteiger partial charge in [-0.2, -0.15) is 0 Å². The average Bonchev–Trinajstić information content (AvgIpc) is 2.44. The number of benzene rings is 1. The number of rotatable bonds is 6. The zero-order valence-electron chi connectivity index (χ0n) is 11.6. The second kappa shape index (κ2) is 6.56. The van der Waals surface area contributed by atoms with E-state index in [1.165, 1.54) is 6.07 Å². The Kier molecular flexibility index (Phi) is 5.32. The number of carbonyl (C=O) groups excluding carboxylic acids is 1. The molecule has 0 aliphatic carbocycles. The molecule has 20 heavy (non-hydrogen) atoms. The van der Waals surface area contributed by atoms with Gasteiger partial charge in [-0.15, -0.1) is 0 Å². The van der Waals surface area contributed by atoms with E-state index in [-0.39, 0.29) is 5.56 Å². The van der Waals surface area contributed by atoms with Gasteiger partial charge in [-0.1, -0.05) is 0 Å². The van der Waals surface area contributed by atoms with Gasteiger partial charge in [0.25, 0.3) is 5.91 Å². The Labute approximate surface area is 117 Å². The SMILES string of the molecule is CN(C)c1ccc(C(=O)NC(CO)(CO)CO)cc1N. The fourth-order valence-electron chi connectivity index (χ4n) is 1.68. The molecule has 7 nitrogen and oxygen atoms in total. The molecule has 0 bridgehead atoms. The van der Waals surface area contributed by atoms with Crippen LogP contribution in [0.5, 0.6) is 0 Å². The summed E-state index contributed by atoms with van der Waals surface area (Å²) in [5.41, 5.74) is 5.90. The number of aliphatic hydroxyl groups is 3. The molecule has 112 valence electrons. The number of anilines is 2. The Bertz CT molecular complexity index is 464. The topological polar surface area (TPSA) is 119 Å². The summed E-state index contributed by atoms with van der Waals surface area (Å²) < 4.78 is 0. The number of amides is 1. The first kappa shape index (κ1) is 16.2. The van der Waals surface area contributed by atoms with Crippen molar-refractivity contribution in [3.63, 3.8) is 0 Å². The fourth-order valence-corrected chi connectivity index (χ4v) is 1.68. The monoisotopic (exact) mass is 283 g/mol. The van der Waals surface area contributed by atoms with Crippen molar-refractivity contribution in [3.05, 3.63) is 23.8 Å². The van der Waals surface area contributed by atoms with Crippen molar-refractivity contribution in [2.24, 2.45) is 0 Å². The van der Waals surface area contributed by atoms with E-state index in [2.05, 4.69) is 5.32 Å². The molecule has 1 amide bonds. The minimum absolute atomic E-state index is 0.285. The molecule has 0 aliphatic heterocycles. The highest BCUT2D eigenvalue weighted by molar-refractivity contribution is 5.96. The number of hydrogen-bond donors (Lipinski definition) is 5. The summed E-state index contributed by atoms with van der Waals surface area (Å²) in [6.45, 7) is -1.72. The molecule has 7 heteroatoms. The van der Waals surface area contributed by atoms with Crippen LogP contribution < -0.4 is 16.0 Å². The number of nitrogens with one attached hydrogen (secondary N) is 1. The van der Waals surface area contributed by atoms with E-state index in [0.717, 1.165) is 5.69 Å². The molecule has 0 saturated heterocycles.